The fraction of sp³-hybridized carbons (Fsp3) is 0.500. The Kier molecular flexibility index (Phi) is 6.66. The number of rotatable bonds is 5. The maximum atomic E-state index is 14.3. The van der Waals surface area contributed by atoms with E-state index in [-0.39, 0.29) is 18.3 Å². The van der Waals surface area contributed by atoms with Crippen LogP contribution in [-0.2, 0) is 20.7 Å². The number of benzene rings is 1. The van der Waals surface area contributed by atoms with Crippen molar-refractivity contribution in [2.24, 2.45) is 11.8 Å². The number of aryl methyl sites for hydroxylation is 1. The molecular weight excluding hydrogens is 421 g/mol. The Hall–Kier alpha value is -2.98. The Morgan fingerprint density at radius 2 is 2.00 bits per heavy atom. The van der Waals surface area contributed by atoms with E-state index in [2.05, 4.69) is 18.7 Å². The van der Waals surface area contributed by atoms with Gasteiger partial charge in [-0.25, -0.2) is 9.18 Å². The molecule has 0 spiro atoms. The minimum absolute atomic E-state index is 0.0130. The third-order valence-corrected chi connectivity index (χ3v) is 7.31. The molecule has 1 amide bonds. The van der Waals surface area contributed by atoms with E-state index in [1.54, 1.807) is 17.9 Å². The number of allylic oxidation sites excluding steroid dienone is 2. The molecule has 2 unspecified atom stereocenters. The number of carbonyl (C=O) groups excluding carboxylic acids is 2. The molecule has 0 N–H and O–H groups in total. The molecule has 2 atom stereocenters. The summed E-state index contributed by atoms with van der Waals surface area (Å²) in [7, 11) is 0. The molecule has 33 heavy (non-hydrogen) atoms. The van der Waals surface area contributed by atoms with Gasteiger partial charge in [0.25, 0.3) is 0 Å². The Labute approximate surface area is 194 Å². The van der Waals surface area contributed by atoms with Gasteiger partial charge in [-0.3, -0.25) is 9.69 Å². The molecule has 0 bridgehead atoms. The SMILES string of the molecule is CC1=C2COC(=O)C2=CCC1C(C)CN1CCN(C(=O)Cc2cc(C)c(C#N)cc2F)CC1. The molecule has 0 radical (unpaired) electrons. The lowest BCUT2D eigenvalue weighted by Crippen LogP contribution is -2.50. The Bertz CT molecular complexity index is 1080. The summed E-state index contributed by atoms with van der Waals surface area (Å²) in [5.74, 6) is 0.0282. The molecule has 6 nitrogen and oxygen atoms in total. The zero-order valence-corrected chi connectivity index (χ0v) is 19.5. The predicted octanol–water partition coefficient (Wildman–Crippen LogP) is 3.15. The maximum absolute atomic E-state index is 14.3. The van der Waals surface area contributed by atoms with E-state index in [1.165, 1.54) is 11.6 Å². The largest absolute Gasteiger partial charge is 0.457 e. The minimum Gasteiger partial charge on any atom is -0.457 e. The van der Waals surface area contributed by atoms with Crippen LogP contribution in [0.5, 0.6) is 0 Å². The number of esters is 1. The summed E-state index contributed by atoms with van der Waals surface area (Å²) in [6.07, 6.45) is 2.90. The van der Waals surface area contributed by atoms with Gasteiger partial charge in [0.05, 0.1) is 23.6 Å². The number of fused-ring (bicyclic) bond motifs is 1. The first-order chi connectivity index (χ1) is 15.8. The summed E-state index contributed by atoms with van der Waals surface area (Å²) < 4.78 is 19.5. The monoisotopic (exact) mass is 451 g/mol. The Morgan fingerprint density at radius 3 is 2.70 bits per heavy atom. The summed E-state index contributed by atoms with van der Waals surface area (Å²) in [6.45, 7) is 10.3. The molecule has 2 saturated heterocycles. The van der Waals surface area contributed by atoms with Crippen LogP contribution in [0.2, 0.25) is 0 Å². The predicted molar refractivity (Wildman–Crippen MR) is 122 cm³/mol. The van der Waals surface area contributed by atoms with Crippen LogP contribution in [0, 0.1) is 35.9 Å². The first-order valence-corrected chi connectivity index (χ1v) is 11.5. The van der Waals surface area contributed by atoms with Crippen LogP contribution in [0.1, 0.15) is 37.0 Å². The second-order valence-electron chi connectivity index (χ2n) is 9.40. The molecule has 0 saturated carbocycles. The minimum atomic E-state index is -0.499. The van der Waals surface area contributed by atoms with Gasteiger partial charge in [-0.05, 0) is 49.3 Å². The van der Waals surface area contributed by atoms with Crippen LogP contribution in [0.15, 0.2) is 34.9 Å². The van der Waals surface area contributed by atoms with Gasteiger partial charge in [0, 0.05) is 38.3 Å². The third-order valence-electron chi connectivity index (χ3n) is 7.31. The second kappa shape index (κ2) is 9.48. The van der Waals surface area contributed by atoms with Gasteiger partial charge in [0.1, 0.15) is 12.4 Å². The summed E-state index contributed by atoms with van der Waals surface area (Å²) >= 11 is 0. The van der Waals surface area contributed by atoms with Crippen molar-refractivity contribution in [2.45, 2.75) is 33.6 Å². The Morgan fingerprint density at radius 1 is 1.27 bits per heavy atom. The van der Waals surface area contributed by atoms with Crippen molar-refractivity contribution in [1.82, 2.24) is 9.80 Å². The van der Waals surface area contributed by atoms with E-state index in [0.29, 0.717) is 48.2 Å². The highest BCUT2D eigenvalue weighted by atomic mass is 19.1. The number of ether oxygens (including phenoxy) is 1. The van der Waals surface area contributed by atoms with Gasteiger partial charge in [0.15, 0.2) is 0 Å². The average molecular weight is 452 g/mol. The number of nitrogens with zero attached hydrogens (tertiary/aromatic N) is 3. The molecule has 174 valence electrons. The highest BCUT2D eigenvalue weighted by molar-refractivity contribution is 5.97. The van der Waals surface area contributed by atoms with Gasteiger partial charge < -0.3 is 9.64 Å². The fourth-order valence-corrected chi connectivity index (χ4v) is 5.24. The molecule has 7 heteroatoms. The number of nitriles is 1. The van der Waals surface area contributed by atoms with Gasteiger partial charge in [0.2, 0.25) is 5.91 Å². The van der Waals surface area contributed by atoms with Crippen molar-refractivity contribution in [3.05, 3.63) is 57.4 Å². The summed E-state index contributed by atoms with van der Waals surface area (Å²) in [6, 6.07) is 4.79. The van der Waals surface area contributed by atoms with Gasteiger partial charge in [-0.1, -0.05) is 24.6 Å². The number of cyclic esters (lactones) is 1. The van der Waals surface area contributed by atoms with Crippen molar-refractivity contribution >= 4 is 11.9 Å². The zero-order chi connectivity index (χ0) is 23.7. The molecule has 1 aromatic carbocycles. The number of halogens is 1. The normalized spacial score (nSPS) is 21.9. The van der Waals surface area contributed by atoms with E-state index < -0.39 is 5.82 Å². The smallest absolute Gasteiger partial charge is 0.338 e. The number of carbonyl (C=O) groups is 2. The molecule has 1 aliphatic carbocycles. The molecule has 1 aromatic rings. The van der Waals surface area contributed by atoms with Crippen molar-refractivity contribution in [1.29, 1.82) is 5.26 Å². The summed E-state index contributed by atoms with van der Waals surface area (Å²) in [5, 5.41) is 9.03. The van der Waals surface area contributed by atoms with E-state index in [0.717, 1.165) is 37.2 Å². The maximum Gasteiger partial charge on any atom is 0.338 e. The van der Waals surface area contributed by atoms with Crippen molar-refractivity contribution in [2.75, 3.05) is 39.3 Å². The molecule has 4 rings (SSSR count). The fourth-order valence-electron chi connectivity index (χ4n) is 5.24. The average Bonchev–Trinajstić information content (AvgIpc) is 3.18. The highest BCUT2D eigenvalue weighted by Gasteiger charge is 2.34. The summed E-state index contributed by atoms with van der Waals surface area (Å²) in [5.41, 5.74) is 4.40. The second-order valence-corrected chi connectivity index (χ2v) is 9.40. The van der Waals surface area contributed by atoms with Crippen LogP contribution in [-0.4, -0.2) is 61.0 Å². The third kappa shape index (κ3) is 4.72. The quantitative estimate of drug-likeness (QED) is 0.643. The molecule has 2 fully saturated rings. The number of piperazine rings is 1. The van der Waals surface area contributed by atoms with Gasteiger partial charge in [-0.15, -0.1) is 0 Å². The van der Waals surface area contributed by atoms with Crippen molar-refractivity contribution < 1.29 is 18.7 Å². The number of hydrogen-bond donors (Lipinski definition) is 0. The van der Waals surface area contributed by atoms with E-state index in [4.69, 9.17) is 10.00 Å². The molecule has 0 aromatic heterocycles. The topological polar surface area (TPSA) is 73.6 Å². The number of hydrogen-bond acceptors (Lipinski definition) is 5. The lowest BCUT2D eigenvalue weighted by molar-refractivity contribution is -0.135. The lowest BCUT2D eigenvalue weighted by atomic mass is 9.77. The van der Waals surface area contributed by atoms with Gasteiger partial charge >= 0.3 is 5.97 Å². The van der Waals surface area contributed by atoms with Crippen LogP contribution in [0.4, 0.5) is 4.39 Å². The molecular formula is C26H30FN3O3. The van der Waals surface area contributed by atoms with Crippen LogP contribution in [0.25, 0.3) is 0 Å². The first kappa shape index (κ1) is 23.2. The van der Waals surface area contributed by atoms with E-state index in [9.17, 15) is 14.0 Å². The zero-order valence-electron chi connectivity index (χ0n) is 19.5. The van der Waals surface area contributed by atoms with Crippen molar-refractivity contribution in [3.8, 4) is 6.07 Å². The number of amides is 1. The van der Waals surface area contributed by atoms with Crippen molar-refractivity contribution in [3.63, 3.8) is 0 Å². The molecule has 3 aliphatic rings. The molecule has 2 heterocycles. The summed E-state index contributed by atoms with van der Waals surface area (Å²) in [4.78, 5) is 28.8. The highest BCUT2D eigenvalue weighted by Crippen LogP contribution is 2.38. The van der Waals surface area contributed by atoms with E-state index in [1.807, 2.05) is 12.1 Å². The van der Waals surface area contributed by atoms with E-state index >= 15 is 0 Å². The van der Waals surface area contributed by atoms with Crippen LogP contribution >= 0.6 is 0 Å². The lowest BCUT2D eigenvalue weighted by Gasteiger charge is -2.38. The standard InChI is InChI=1S/C26H30FN3O3/c1-16-10-19(24(27)11-20(16)13-28)12-25(31)30-8-6-29(7-9-30)14-17(2)21-4-5-22-23(18(21)3)15-33-26(22)32/h5,10-11,17,21H,4,6-9,12,14-15H2,1-3H3. The van der Waals surface area contributed by atoms with Gasteiger partial charge in [-0.2, -0.15) is 5.26 Å². The van der Waals surface area contributed by atoms with Crippen LogP contribution < -0.4 is 0 Å². The van der Waals surface area contributed by atoms with Crippen LogP contribution in [0.3, 0.4) is 0 Å². The first-order valence-electron chi connectivity index (χ1n) is 11.5. The Balaban J connectivity index is 1.30. The molecule has 2 aliphatic heterocycles.